The molecular weight excluding hydrogens is 941 g/mol. The Morgan fingerprint density at radius 2 is 0.958 bits per heavy atom. The van der Waals surface area contributed by atoms with E-state index in [0.717, 1.165) is 5.56 Å². The lowest BCUT2D eigenvalue weighted by molar-refractivity contribution is -0.191. The average Bonchev–Trinajstić information content (AvgIpc) is 3.19. The second kappa shape index (κ2) is 23.9. The predicted octanol–water partition coefficient (Wildman–Crippen LogP) is 2.58. The summed E-state index contributed by atoms with van der Waals surface area (Å²) in [5.41, 5.74) is -4.67. The highest BCUT2D eigenvalue weighted by Gasteiger charge is 2.41. The van der Waals surface area contributed by atoms with Gasteiger partial charge in [-0.25, -0.2) is 29.0 Å². The lowest BCUT2D eigenvalue weighted by Crippen LogP contribution is -2.52. The molecule has 2 heterocycles. The van der Waals surface area contributed by atoms with E-state index in [1.54, 1.807) is 109 Å². The Morgan fingerprint density at radius 1 is 0.563 bits per heavy atom. The van der Waals surface area contributed by atoms with Crippen molar-refractivity contribution in [2.45, 2.75) is 144 Å². The maximum absolute atomic E-state index is 13.9. The molecule has 0 spiro atoms. The molecule has 1 aromatic rings. The zero-order valence-corrected chi connectivity index (χ0v) is 42.3. The van der Waals surface area contributed by atoms with Gasteiger partial charge in [-0.15, -0.1) is 0 Å². The Morgan fingerprint density at radius 3 is 1.39 bits per heavy atom. The Hall–Kier alpha value is -7.54. The quantitative estimate of drug-likeness (QED) is 0.0737. The van der Waals surface area contributed by atoms with Crippen LogP contribution >= 0.6 is 0 Å². The summed E-state index contributed by atoms with van der Waals surface area (Å²) in [6.45, 7) is 17.0. The van der Waals surface area contributed by atoms with Crippen LogP contribution in [0.1, 0.15) is 94.2 Å². The van der Waals surface area contributed by atoms with Crippen LogP contribution in [0.15, 0.2) is 21.7 Å². The summed E-state index contributed by atoms with van der Waals surface area (Å²) in [7, 11) is 0. The number of fused-ring (bicyclic) bond motifs is 2. The summed E-state index contributed by atoms with van der Waals surface area (Å²) in [6, 6.07) is 3.22. The highest BCUT2D eigenvalue weighted by atomic mass is 16.6. The number of nitrogens with zero attached hydrogens (tertiary/aromatic N) is 3. The van der Waals surface area contributed by atoms with Crippen LogP contribution in [0.25, 0.3) is 22.6 Å². The lowest BCUT2D eigenvalue weighted by atomic mass is 10.1. The van der Waals surface area contributed by atoms with Crippen LogP contribution in [0, 0.1) is 13.8 Å². The smallest absolute Gasteiger partial charge is 0.408 e. The molecule has 5 N–H and O–H groups in total. The summed E-state index contributed by atoms with van der Waals surface area (Å²) in [4.78, 5) is 141. The Balaban J connectivity index is 2.30. The Bertz CT molecular complexity index is 2550. The number of aromatic nitrogens is 4. The summed E-state index contributed by atoms with van der Waals surface area (Å²) in [5, 5.41) is 8.86. The van der Waals surface area contributed by atoms with Gasteiger partial charge in [0.05, 0.1) is 17.6 Å². The summed E-state index contributed by atoms with van der Waals surface area (Å²) < 4.78 is 45.0. The van der Waals surface area contributed by atoms with Gasteiger partial charge in [0.25, 0.3) is 5.56 Å². The number of hydrogen-bond acceptors (Lipinski definition) is 20. The number of esters is 4. The van der Waals surface area contributed by atoms with Gasteiger partial charge in [0.2, 0.25) is 0 Å². The topological polar surface area (TPSA) is 339 Å². The minimum absolute atomic E-state index is 0.168. The highest BCUT2D eigenvalue weighted by Crippen LogP contribution is 2.27. The molecule has 3 atom stereocenters. The van der Waals surface area contributed by atoms with E-state index in [2.05, 4.69) is 31.2 Å². The molecule has 0 saturated heterocycles. The third-order valence-corrected chi connectivity index (χ3v) is 8.67. The van der Waals surface area contributed by atoms with Gasteiger partial charge in [-0.1, -0.05) is 0 Å². The first kappa shape index (κ1) is 57.8. The maximum atomic E-state index is 13.9. The predicted molar refractivity (Wildman–Crippen MR) is 248 cm³/mol. The molecule has 1 aromatic carbocycles. The van der Waals surface area contributed by atoms with Crippen LogP contribution in [-0.2, 0) is 63.6 Å². The molecule has 26 nitrogen and oxygen atoms in total. The van der Waals surface area contributed by atoms with E-state index in [4.69, 9.17) is 37.9 Å². The van der Waals surface area contributed by atoms with Crippen molar-refractivity contribution in [3.63, 3.8) is 0 Å². The molecule has 2 aliphatic heterocycles. The van der Waals surface area contributed by atoms with Gasteiger partial charge in [0.1, 0.15) is 55.2 Å². The third-order valence-electron chi connectivity index (χ3n) is 8.67. The van der Waals surface area contributed by atoms with Crippen molar-refractivity contribution in [2.24, 2.45) is 0 Å². The number of aromatic amines is 1. The molecule has 0 saturated carbocycles. The van der Waals surface area contributed by atoms with Crippen molar-refractivity contribution in [2.75, 3.05) is 32.8 Å². The Labute approximate surface area is 408 Å². The summed E-state index contributed by atoms with van der Waals surface area (Å²) >= 11 is 0. The van der Waals surface area contributed by atoms with Crippen molar-refractivity contribution >= 4 is 59.3 Å². The fraction of sp³-hybridized carbons (Fsp3) is 0.600. The normalized spacial score (nSPS) is 13.1. The van der Waals surface area contributed by atoms with Gasteiger partial charge in [-0.3, -0.25) is 29.0 Å². The number of carbonyl (C=O) groups is 8. The number of benzene rings is 1. The number of amides is 4. The number of hydrogen-bond donors (Lipinski definition) is 5. The zero-order valence-electron chi connectivity index (χ0n) is 42.3. The van der Waals surface area contributed by atoms with Crippen molar-refractivity contribution in [1.82, 2.24) is 40.8 Å². The van der Waals surface area contributed by atoms with E-state index < -0.39 is 140 Å². The summed E-state index contributed by atoms with van der Waals surface area (Å²) in [5.74, 6) is -5.33. The van der Waals surface area contributed by atoms with Crippen molar-refractivity contribution in [3.05, 3.63) is 44.1 Å². The molecular formula is C45H64N8O18. The number of rotatable bonds is 17. The standard InChI is InChI=1S/C45H64N8O18/c1-23-15-25-26(16-24(23)2)53(35-33(50-25)36(58)52-37(59)51-35)21-27(65-30(55)18-47-39(61)69-43(6,7)8)34(67-32(57)20-49-41(63)71-45(12,13)14)28(66-31(56)19-48-40(62)70-44(9,10)11)22-64-29(54)17-46-38(60)68-42(3,4)5/h15-16,27-28,34H,17-22H2,1-14H3,(H,46,60)(H,47,61)(H,48,62)(H,49,63)(H,52,58,59). The first-order valence-corrected chi connectivity index (χ1v) is 22.1. The highest BCUT2D eigenvalue weighted by molar-refractivity contribution is 5.82. The van der Waals surface area contributed by atoms with Crippen LogP contribution in [-0.4, -0.2) is 141 Å². The molecule has 3 rings (SSSR count). The molecule has 392 valence electrons. The van der Waals surface area contributed by atoms with Crippen molar-refractivity contribution < 1.29 is 76.3 Å². The van der Waals surface area contributed by atoms with Crippen LogP contribution in [0.5, 0.6) is 0 Å². The molecule has 3 unspecified atom stereocenters. The van der Waals surface area contributed by atoms with Gasteiger partial charge in [-0.05, 0) is 120 Å². The van der Waals surface area contributed by atoms with Gasteiger partial charge < -0.3 is 63.7 Å². The fourth-order valence-corrected chi connectivity index (χ4v) is 5.88. The van der Waals surface area contributed by atoms with Gasteiger partial charge in [-0.2, -0.15) is 4.98 Å². The number of aryl methyl sites for hydroxylation is 2. The monoisotopic (exact) mass is 1000 g/mol. The number of H-pyrrole nitrogens is 1. The van der Waals surface area contributed by atoms with Crippen LogP contribution in [0.3, 0.4) is 0 Å². The molecule has 0 aromatic heterocycles. The van der Waals surface area contributed by atoms with E-state index in [1.165, 1.54) is 4.57 Å². The second-order valence-electron chi connectivity index (χ2n) is 19.8. The third kappa shape index (κ3) is 20.5. The van der Waals surface area contributed by atoms with Crippen molar-refractivity contribution in [1.29, 1.82) is 0 Å². The fourth-order valence-electron chi connectivity index (χ4n) is 5.88. The second-order valence-corrected chi connectivity index (χ2v) is 19.8. The first-order chi connectivity index (χ1) is 32.6. The Kier molecular flexibility index (Phi) is 19.4. The molecule has 71 heavy (non-hydrogen) atoms. The van der Waals surface area contributed by atoms with E-state index in [9.17, 15) is 47.9 Å². The first-order valence-electron chi connectivity index (χ1n) is 22.1. The van der Waals surface area contributed by atoms with Crippen LogP contribution in [0.4, 0.5) is 19.2 Å². The molecule has 2 aliphatic rings. The van der Waals surface area contributed by atoms with Gasteiger partial charge in [0.15, 0.2) is 29.8 Å². The van der Waals surface area contributed by atoms with E-state index in [-0.39, 0.29) is 22.6 Å². The van der Waals surface area contributed by atoms with Gasteiger partial charge in [0, 0.05) is 0 Å². The number of carbonyl (C=O) groups excluding carboxylic acids is 8. The minimum Gasteiger partial charge on any atom is -0.460 e. The number of nitrogens with one attached hydrogen (secondary N) is 5. The van der Waals surface area contributed by atoms with Crippen LogP contribution in [0.2, 0.25) is 0 Å². The maximum Gasteiger partial charge on any atom is 0.408 e. The minimum atomic E-state index is -2.13. The molecule has 0 fully saturated rings. The molecule has 26 heteroatoms. The summed E-state index contributed by atoms with van der Waals surface area (Å²) in [6.07, 6.45) is -10.3. The van der Waals surface area contributed by atoms with Crippen LogP contribution < -0.4 is 32.5 Å². The van der Waals surface area contributed by atoms with E-state index in [1.807, 2.05) is 4.98 Å². The molecule has 4 amide bonds. The molecule has 0 aliphatic carbocycles. The SMILES string of the molecule is Cc1cc2nc3c(=O)[nH]c(=O)nc-3n(CC(OC(=O)CNC(=O)OC(C)(C)C)C(OC(=O)CNC(=O)OC(C)(C)C)C(COC(=O)CNC(=O)OC(C)(C)C)OC(=O)CNC(=O)OC(C)(C)C)c2cc1C. The zero-order chi connectivity index (χ0) is 53.8. The van der Waals surface area contributed by atoms with E-state index in [0.29, 0.717) is 5.56 Å². The average molecular weight is 1010 g/mol. The van der Waals surface area contributed by atoms with Crippen molar-refractivity contribution in [3.8, 4) is 11.5 Å². The van der Waals surface area contributed by atoms with E-state index >= 15 is 0 Å². The largest absolute Gasteiger partial charge is 0.460 e. The molecule has 0 bridgehead atoms. The number of alkyl carbamates (subject to hydrolysis) is 4. The van der Waals surface area contributed by atoms with Gasteiger partial charge >= 0.3 is 53.9 Å². The molecule has 0 radical (unpaired) electrons. The lowest BCUT2D eigenvalue weighted by Gasteiger charge is -2.33. The number of ether oxygens (including phenoxy) is 8.